The van der Waals surface area contributed by atoms with Gasteiger partial charge in [-0.25, -0.2) is 9.97 Å². The van der Waals surface area contributed by atoms with Gasteiger partial charge in [0.05, 0.1) is 34.2 Å². The molecule has 8 aromatic rings. The van der Waals surface area contributed by atoms with Crippen molar-refractivity contribution in [3.05, 3.63) is 215 Å². The molecule has 70 heavy (non-hydrogen) atoms. The van der Waals surface area contributed by atoms with Gasteiger partial charge in [0.15, 0.2) is 0 Å². The Morgan fingerprint density at radius 1 is 0.514 bits per heavy atom. The first-order valence-corrected chi connectivity index (χ1v) is 25.7. The van der Waals surface area contributed by atoms with Gasteiger partial charge in [0, 0.05) is 38.3 Å². The zero-order chi connectivity index (χ0) is 47.8. The second kappa shape index (κ2) is 21.5. The number of carbonyl (C=O) groups excluding carboxylic acids is 4. The van der Waals surface area contributed by atoms with Gasteiger partial charge in [-0.2, -0.15) is 0 Å². The van der Waals surface area contributed by atoms with E-state index in [0.29, 0.717) is 19.5 Å². The maximum absolute atomic E-state index is 14.4. The van der Waals surface area contributed by atoms with Crippen molar-refractivity contribution in [3.8, 4) is 32.0 Å². The van der Waals surface area contributed by atoms with Crippen LogP contribution in [-0.2, 0) is 32.0 Å². The summed E-state index contributed by atoms with van der Waals surface area (Å²) in [6.07, 6.45) is 7.86. The highest BCUT2D eigenvalue weighted by atomic mass is 32.1. The average molecular weight is 960 g/mol. The van der Waals surface area contributed by atoms with Gasteiger partial charge in [-0.3, -0.25) is 19.2 Å². The van der Waals surface area contributed by atoms with E-state index in [1.807, 2.05) is 144 Å². The summed E-state index contributed by atoms with van der Waals surface area (Å²) in [7, 11) is 0. The molecule has 0 bridgehead atoms. The molecule has 0 radical (unpaired) electrons. The fourth-order valence-corrected chi connectivity index (χ4v) is 12.0. The van der Waals surface area contributed by atoms with Crippen LogP contribution in [0.3, 0.4) is 0 Å². The minimum Gasteiger partial charge on any atom is -0.340 e. The molecule has 10 rings (SSSR count). The highest BCUT2D eigenvalue weighted by Crippen LogP contribution is 2.41. The first kappa shape index (κ1) is 46.4. The molecule has 2 fully saturated rings. The van der Waals surface area contributed by atoms with E-state index in [4.69, 9.17) is 9.97 Å². The summed E-state index contributed by atoms with van der Waals surface area (Å²) in [5.41, 5.74) is 7.78. The summed E-state index contributed by atoms with van der Waals surface area (Å²) in [5.74, 6) is -0.834. The number of aromatic nitrogens is 2. The molecule has 350 valence electrons. The topological polar surface area (TPSA) is 113 Å². The van der Waals surface area contributed by atoms with Crippen molar-refractivity contribution in [3.63, 3.8) is 0 Å². The molecule has 11 heteroatoms. The van der Waals surface area contributed by atoms with Crippen LogP contribution in [0.5, 0.6) is 0 Å². The summed E-state index contributed by atoms with van der Waals surface area (Å²) < 4.78 is 0. The molecule has 3 amide bonds. The fraction of sp³-hybridized carbons (Fsp3) is 0.220. The Labute approximate surface area is 416 Å². The monoisotopic (exact) mass is 959 g/mol. The van der Waals surface area contributed by atoms with Crippen molar-refractivity contribution >= 4 is 46.2 Å². The Kier molecular flexibility index (Phi) is 14.3. The molecule has 4 atom stereocenters. The number of nitrogens with one attached hydrogen (secondary N) is 1. The quantitative estimate of drug-likeness (QED) is 0.103. The first-order valence-electron chi connectivity index (χ1n) is 24.1. The summed E-state index contributed by atoms with van der Waals surface area (Å²) in [4.78, 5) is 71.1. The van der Waals surface area contributed by atoms with E-state index in [0.717, 1.165) is 90.0 Å². The highest BCUT2D eigenvalue weighted by Gasteiger charge is 2.38. The lowest BCUT2D eigenvalue weighted by Gasteiger charge is -2.28. The van der Waals surface area contributed by atoms with Gasteiger partial charge in [0.25, 0.3) is 0 Å². The number of amides is 3. The molecule has 0 saturated carbocycles. The number of carbonyl (C=O) groups is 4. The van der Waals surface area contributed by atoms with Gasteiger partial charge >= 0.3 is 0 Å². The Balaban J connectivity index is 0.787. The summed E-state index contributed by atoms with van der Waals surface area (Å²) >= 11 is 3.24. The lowest BCUT2D eigenvalue weighted by molar-refractivity contribution is -0.137. The van der Waals surface area contributed by atoms with Crippen molar-refractivity contribution in [1.29, 1.82) is 0 Å². The molecule has 6 aromatic carbocycles. The molecule has 2 aliphatic heterocycles. The predicted molar refractivity (Wildman–Crippen MR) is 278 cm³/mol. The third-order valence-corrected chi connectivity index (χ3v) is 15.7. The summed E-state index contributed by atoms with van der Waals surface area (Å²) in [6.45, 7) is 1.24. The Hall–Kier alpha value is -7.34. The molecule has 0 aliphatic carbocycles. The average Bonchev–Trinajstić information content (AvgIpc) is 4.27. The standard InChI is InChI=1S/C59H53N5O4S2/c65-48(35-40-15-5-1-6-16-40)37-49(44-19-9-3-10-20-44)58(67)63-33-13-23-50(63)56-60-38-52(69-56)45-29-25-42(26-30-45)43-27-31-46(32-28-43)53-39-61-57(70-53)51-24-14-34-64(51)59(68)55(47-21-11-4-12-22-47)62-54(66)36-41-17-7-2-8-18-41/h1-12,15-22,25-32,38-39,49-51,55H,13-14,23-24,33-37H2,(H,62,66)/t49-,50+,51+,55-/m1/s1. The van der Waals surface area contributed by atoms with Crippen LogP contribution in [-0.4, -0.2) is 56.4 Å². The Morgan fingerprint density at radius 3 is 1.44 bits per heavy atom. The van der Waals surface area contributed by atoms with E-state index < -0.39 is 12.0 Å². The lowest BCUT2D eigenvalue weighted by Crippen LogP contribution is -2.43. The van der Waals surface area contributed by atoms with Crippen LogP contribution in [0.25, 0.3) is 32.0 Å². The number of benzene rings is 6. The molecule has 4 heterocycles. The first-order chi connectivity index (χ1) is 34.3. The van der Waals surface area contributed by atoms with Crippen LogP contribution in [0.15, 0.2) is 182 Å². The fourth-order valence-electron chi connectivity index (χ4n) is 9.83. The smallest absolute Gasteiger partial charge is 0.250 e. The number of Topliss-reactive ketones (excluding diaryl/α,β-unsaturated/α-hetero) is 1. The molecular weight excluding hydrogens is 907 g/mol. The van der Waals surface area contributed by atoms with Crippen LogP contribution in [0.1, 0.15) is 88.4 Å². The second-order valence-corrected chi connectivity index (χ2v) is 20.2. The number of ketones is 1. The molecule has 1 N–H and O–H groups in total. The lowest BCUT2D eigenvalue weighted by atomic mass is 9.90. The molecule has 2 aromatic heterocycles. The van der Waals surface area contributed by atoms with E-state index in [9.17, 15) is 19.2 Å². The number of likely N-dealkylation sites (tertiary alicyclic amines) is 2. The minimum atomic E-state index is -0.798. The molecule has 9 nitrogen and oxygen atoms in total. The number of hydrogen-bond acceptors (Lipinski definition) is 8. The van der Waals surface area contributed by atoms with E-state index >= 15 is 0 Å². The molecule has 0 unspecified atom stereocenters. The predicted octanol–water partition coefficient (Wildman–Crippen LogP) is 12.0. The maximum Gasteiger partial charge on any atom is 0.250 e. The Morgan fingerprint density at radius 2 is 0.943 bits per heavy atom. The highest BCUT2D eigenvalue weighted by molar-refractivity contribution is 7.15. The molecule has 2 aliphatic rings. The van der Waals surface area contributed by atoms with Crippen molar-refractivity contribution < 1.29 is 19.2 Å². The van der Waals surface area contributed by atoms with Crippen molar-refractivity contribution in [2.24, 2.45) is 0 Å². The van der Waals surface area contributed by atoms with Crippen LogP contribution in [0, 0.1) is 0 Å². The molecule has 0 spiro atoms. The largest absolute Gasteiger partial charge is 0.340 e. The van der Waals surface area contributed by atoms with Crippen LogP contribution in [0.2, 0.25) is 0 Å². The van der Waals surface area contributed by atoms with Gasteiger partial charge in [-0.05, 0) is 70.2 Å². The minimum absolute atomic E-state index is 0.0131. The maximum atomic E-state index is 14.4. The third kappa shape index (κ3) is 10.6. The normalized spacial score (nSPS) is 16.5. The SMILES string of the molecule is O=C(Cc1ccccc1)C[C@@H](C(=O)N1CCC[C@H]1c1ncc(-c2ccc(-c3ccc(-c4cnc([C@@H]5CCCN5C(=O)[C@H](NC(=O)Cc5ccccc5)c5ccccc5)s4)cc3)cc2)s1)c1ccccc1. The van der Waals surface area contributed by atoms with Gasteiger partial charge in [-0.15, -0.1) is 22.7 Å². The van der Waals surface area contributed by atoms with Crippen LogP contribution < -0.4 is 5.32 Å². The van der Waals surface area contributed by atoms with Crippen molar-refractivity contribution in [2.75, 3.05) is 13.1 Å². The zero-order valence-electron chi connectivity index (χ0n) is 38.7. The van der Waals surface area contributed by atoms with Crippen LogP contribution in [0.4, 0.5) is 0 Å². The second-order valence-electron chi connectivity index (χ2n) is 18.1. The van der Waals surface area contributed by atoms with E-state index in [2.05, 4.69) is 53.8 Å². The van der Waals surface area contributed by atoms with Crippen molar-refractivity contribution in [2.45, 2.75) is 69.0 Å². The molecular formula is C59H53N5O4S2. The number of nitrogens with zero attached hydrogens (tertiary/aromatic N) is 4. The summed E-state index contributed by atoms with van der Waals surface area (Å²) in [6, 6.07) is 54.4. The van der Waals surface area contributed by atoms with Gasteiger partial charge in [-0.1, -0.05) is 170 Å². The number of rotatable bonds is 16. The van der Waals surface area contributed by atoms with Gasteiger partial charge < -0.3 is 15.1 Å². The van der Waals surface area contributed by atoms with E-state index in [-0.39, 0.29) is 48.4 Å². The molecule has 2 saturated heterocycles. The summed E-state index contributed by atoms with van der Waals surface area (Å²) in [5, 5.41) is 4.86. The number of thiazole rings is 2. The van der Waals surface area contributed by atoms with E-state index in [1.54, 1.807) is 22.7 Å². The third-order valence-electron chi connectivity index (χ3n) is 13.4. The zero-order valence-corrected chi connectivity index (χ0v) is 40.4. The van der Waals surface area contributed by atoms with Crippen LogP contribution >= 0.6 is 22.7 Å². The van der Waals surface area contributed by atoms with Crippen molar-refractivity contribution in [1.82, 2.24) is 25.1 Å². The van der Waals surface area contributed by atoms with Gasteiger partial charge in [0.2, 0.25) is 17.7 Å². The Bertz CT molecular complexity index is 2840. The van der Waals surface area contributed by atoms with Gasteiger partial charge in [0.1, 0.15) is 21.8 Å². The number of hydrogen-bond donors (Lipinski definition) is 1. The van der Waals surface area contributed by atoms with E-state index in [1.165, 1.54) is 0 Å².